The van der Waals surface area contributed by atoms with Gasteiger partial charge in [0.05, 0.1) is 18.8 Å². The molecule has 1 aliphatic heterocycles. The number of carboxylic acid groups (broad SMARTS) is 1. The first kappa shape index (κ1) is 26.4. The number of aryl methyl sites for hydroxylation is 1. The molecule has 194 valence electrons. The van der Waals surface area contributed by atoms with Crippen LogP contribution >= 0.6 is 0 Å². The number of carbonyl (C=O) groups is 2. The lowest BCUT2D eigenvalue weighted by Crippen LogP contribution is -2.44. The van der Waals surface area contributed by atoms with Crippen molar-refractivity contribution in [2.24, 2.45) is 0 Å². The Hall–Kier alpha value is -3.68. The van der Waals surface area contributed by atoms with Crippen LogP contribution in [-0.4, -0.2) is 72.8 Å². The Bertz CT molecular complexity index is 1120. The second kappa shape index (κ2) is 13.0. The first-order chi connectivity index (χ1) is 18.0. The van der Waals surface area contributed by atoms with Gasteiger partial charge >= 0.3 is 12.0 Å². The van der Waals surface area contributed by atoms with Crippen molar-refractivity contribution in [1.29, 1.82) is 0 Å². The summed E-state index contributed by atoms with van der Waals surface area (Å²) in [5.74, 6) is -0.856. The van der Waals surface area contributed by atoms with Gasteiger partial charge in [-0.2, -0.15) is 0 Å². The van der Waals surface area contributed by atoms with Crippen molar-refractivity contribution < 1.29 is 19.4 Å². The van der Waals surface area contributed by atoms with Gasteiger partial charge in [-0.25, -0.2) is 9.59 Å². The number of aromatic carboxylic acids is 1. The number of urea groups is 1. The fourth-order valence-electron chi connectivity index (χ4n) is 4.72. The molecular weight excluding hydrogens is 466 g/mol. The van der Waals surface area contributed by atoms with Crippen molar-refractivity contribution >= 4 is 17.7 Å². The van der Waals surface area contributed by atoms with E-state index in [4.69, 9.17) is 4.74 Å². The lowest BCUT2D eigenvalue weighted by atomic mass is 9.88. The number of amides is 2. The third-order valence-electron chi connectivity index (χ3n) is 6.89. The molecule has 0 saturated carbocycles. The SMILES string of the molecule is Cc1ccc(NC(=O)N(CCC(c2ccccc2)c2ccccc2)CCN2CCOCC2)cc1C(=O)O. The van der Waals surface area contributed by atoms with Crippen LogP contribution in [0, 0.1) is 6.92 Å². The zero-order valence-electron chi connectivity index (χ0n) is 21.3. The van der Waals surface area contributed by atoms with E-state index in [1.807, 2.05) is 41.3 Å². The van der Waals surface area contributed by atoms with Gasteiger partial charge in [0, 0.05) is 44.3 Å². The molecule has 1 fully saturated rings. The Balaban J connectivity index is 1.51. The van der Waals surface area contributed by atoms with E-state index in [1.54, 1.807) is 19.1 Å². The summed E-state index contributed by atoms with van der Waals surface area (Å²) < 4.78 is 5.47. The number of rotatable bonds is 10. The summed E-state index contributed by atoms with van der Waals surface area (Å²) in [5.41, 5.74) is 3.75. The van der Waals surface area contributed by atoms with Gasteiger partial charge in [0.1, 0.15) is 0 Å². The van der Waals surface area contributed by atoms with Gasteiger partial charge in [-0.15, -0.1) is 0 Å². The molecule has 2 N–H and O–H groups in total. The van der Waals surface area contributed by atoms with Crippen LogP contribution in [0.1, 0.15) is 39.4 Å². The first-order valence-corrected chi connectivity index (χ1v) is 12.8. The van der Waals surface area contributed by atoms with Crippen LogP contribution in [0.15, 0.2) is 78.9 Å². The molecule has 0 unspecified atom stereocenters. The van der Waals surface area contributed by atoms with E-state index >= 15 is 0 Å². The standard InChI is InChI=1S/C30H35N3O4/c1-23-12-13-26(22-28(23)29(34)35)31-30(36)33(17-16-32-18-20-37-21-19-32)15-14-27(24-8-4-2-5-9-24)25-10-6-3-7-11-25/h2-13,22,27H,14-21H2,1H3,(H,31,36)(H,34,35). The average molecular weight is 502 g/mol. The summed E-state index contributed by atoms with van der Waals surface area (Å²) in [7, 11) is 0. The monoisotopic (exact) mass is 501 g/mol. The first-order valence-electron chi connectivity index (χ1n) is 12.8. The minimum absolute atomic E-state index is 0.152. The molecule has 0 bridgehead atoms. The highest BCUT2D eigenvalue weighted by Gasteiger charge is 2.21. The Morgan fingerprint density at radius 1 is 0.946 bits per heavy atom. The van der Waals surface area contributed by atoms with Crippen LogP contribution < -0.4 is 5.32 Å². The quantitative estimate of drug-likeness (QED) is 0.405. The molecule has 0 aliphatic carbocycles. The van der Waals surface area contributed by atoms with Crippen molar-refractivity contribution in [1.82, 2.24) is 9.80 Å². The molecule has 1 aliphatic rings. The number of carboxylic acids is 1. The smallest absolute Gasteiger partial charge is 0.336 e. The lowest BCUT2D eigenvalue weighted by molar-refractivity contribution is 0.0351. The van der Waals surface area contributed by atoms with Gasteiger partial charge in [0.15, 0.2) is 0 Å². The molecule has 3 aromatic rings. The maximum atomic E-state index is 13.5. The average Bonchev–Trinajstić information content (AvgIpc) is 2.93. The molecule has 37 heavy (non-hydrogen) atoms. The van der Waals surface area contributed by atoms with Crippen molar-refractivity contribution in [2.75, 3.05) is 51.3 Å². The van der Waals surface area contributed by atoms with Crippen molar-refractivity contribution in [3.63, 3.8) is 0 Å². The van der Waals surface area contributed by atoms with Gasteiger partial charge in [-0.1, -0.05) is 66.7 Å². The van der Waals surface area contributed by atoms with E-state index in [2.05, 4.69) is 34.5 Å². The number of hydrogen-bond acceptors (Lipinski definition) is 4. The van der Waals surface area contributed by atoms with Crippen LogP contribution in [0.2, 0.25) is 0 Å². The minimum Gasteiger partial charge on any atom is -0.478 e. The number of carbonyl (C=O) groups excluding carboxylic acids is 1. The summed E-state index contributed by atoms with van der Waals surface area (Å²) >= 11 is 0. The van der Waals surface area contributed by atoms with Gasteiger partial charge in [-0.05, 0) is 42.2 Å². The summed E-state index contributed by atoms with van der Waals surface area (Å²) in [6.45, 7) is 6.75. The maximum Gasteiger partial charge on any atom is 0.336 e. The van der Waals surface area contributed by atoms with Gasteiger partial charge in [0.2, 0.25) is 0 Å². The Kier molecular flexibility index (Phi) is 9.29. The molecule has 4 rings (SSSR count). The zero-order chi connectivity index (χ0) is 26.0. The summed E-state index contributed by atoms with van der Waals surface area (Å²) in [5, 5.41) is 12.4. The predicted octanol–water partition coefficient (Wildman–Crippen LogP) is 5.08. The molecule has 7 nitrogen and oxygen atoms in total. The molecule has 7 heteroatoms. The second-order valence-electron chi connectivity index (χ2n) is 9.37. The van der Waals surface area contributed by atoms with Crippen LogP contribution in [0.4, 0.5) is 10.5 Å². The molecule has 0 aromatic heterocycles. The van der Waals surface area contributed by atoms with E-state index in [0.717, 1.165) is 26.1 Å². The van der Waals surface area contributed by atoms with Gasteiger partial charge in [-0.3, -0.25) is 4.90 Å². The third kappa shape index (κ3) is 7.41. The van der Waals surface area contributed by atoms with Crippen LogP contribution in [-0.2, 0) is 4.74 Å². The van der Waals surface area contributed by atoms with E-state index in [-0.39, 0.29) is 17.5 Å². The highest BCUT2D eigenvalue weighted by molar-refractivity contribution is 5.94. The maximum absolute atomic E-state index is 13.5. The Morgan fingerprint density at radius 3 is 2.16 bits per heavy atom. The number of nitrogens with zero attached hydrogens (tertiary/aromatic N) is 2. The number of hydrogen-bond donors (Lipinski definition) is 2. The van der Waals surface area contributed by atoms with Crippen LogP contribution in [0.5, 0.6) is 0 Å². The van der Waals surface area contributed by atoms with Crippen LogP contribution in [0.25, 0.3) is 0 Å². The fraction of sp³-hybridized carbons (Fsp3) is 0.333. The molecule has 1 saturated heterocycles. The summed E-state index contributed by atoms with van der Waals surface area (Å²) in [6.07, 6.45) is 0.763. The molecule has 2 amide bonds. The number of morpholine rings is 1. The Morgan fingerprint density at radius 2 is 1.57 bits per heavy atom. The topological polar surface area (TPSA) is 82.1 Å². The van der Waals surface area contributed by atoms with E-state index in [9.17, 15) is 14.7 Å². The lowest BCUT2D eigenvalue weighted by Gasteiger charge is -2.31. The van der Waals surface area contributed by atoms with Crippen molar-refractivity contribution in [3.8, 4) is 0 Å². The van der Waals surface area contributed by atoms with Gasteiger partial charge in [0.25, 0.3) is 0 Å². The van der Waals surface area contributed by atoms with Crippen molar-refractivity contribution in [2.45, 2.75) is 19.3 Å². The number of ether oxygens (including phenoxy) is 1. The largest absolute Gasteiger partial charge is 0.478 e. The zero-order valence-corrected chi connectivity index (χ0v) is 21.3. The summed E-state index contributed by atoms with van der Waals surface area (Å²) in [4.78, 5) is 29.2. The number of benzene rings is 3. The van der Waals surface area contributed by atoms with E-state index < -0.39 is 5.97 Å². The van der Waals surface area contributed by atoms with Gasteiger partial charge < -0.3 is 20.1 Å². The van der Waals surface area contributed by atoms with E-state index in [0.29, 0.717) is 37.6 Å². The molecule has 0 spiro atoms. The highest BCUT2D eigenvalue weighted by Crippen LogP contribution is 2.28. The van der Waals surface area contributed by atoms with E-state index in [1.165, 1.54) is 17.2 Å². The highest BCUT2D eigenvalue weighted by atomic mass is 16.5. The molecule has 1 heterocycles. The van der Waals surface area contributed by atoms with Crippen LogP contribution in [0.3, 0.4) is 0 Å². The Labute approximate surface area is 218 Å². The molecular formula is C30H35N3O4. The summed E-state index contributed by atoms with van der Waals surface area (Å²) in [6, 6.07) is 25.5. The number of anilines is 1. The number of nitrogens with one attached hydrogen (secondary N) is 1. The van der Waals surface area contributed by atoms with Crippen molar-refractivity contribution in [3.05, 3.63) is 101 Å². The predicted molar refractivity (Wildman–Crippen MR) is 145 cm³/mol. The fourth-order valence-corrected chi connectivity index (χ4v) is 4.72. The molecule has 0 atom stereocenters. The molecule has 0 radical (unpaired) electrons. The minimum atomic E-state index is -1.01. The normalized spacial score (nSPS) is 13.9. The second-order valence-corrected chi connectivity index (χ2v) is 9.37. The molecule has 3 aromatic carbocycles. The third-order valence-corrected chi connectivity index (χ3v) is 6.89.